The molecule has 2 rings (SSSR count). The van der Waals surface area contributed by atoms with E-state index in [1.807, 2.05) is 0 Å². The maximum Gasteiger partial charge on any atom is 0.416 e. The summed E-state index contributed by atoms with van der Waals surface area (Å²) in [5, 5.41) is 10.5. The lowest BCUT2D eigenvalue weighted by Crippen LogP contribution is -2.05. The first-order valence-electron chi connectivity index (χ1n) is 7.69. The lowest BCUT2D eigenvalue weighted by molar-refractivity contribution is -0.385. The van der Waals surface area contributed by atoms with E-state index in [1.165, 1.54) is 25.3 Å². The van der Waals surface area contributed by atoms with Gasteiger partial charge in [-0.05, 0) is 24.3 Å². The minimum absolute atomic E-state index is 0.0186. The van der Waals surface area contributed by atoms with Crippen molar-refractivity contribution >= 4 is 46.6 Å². The SMILES string of the molecule is COC(=O)CSCc1cc(Oc2c(Cl)cc(C(F)(F)F)cc2Cl)ccc1[N+](=O)[O-]. The highest BCUT2D eigenvalue weighted by atomic mass is 35.5. The van der Waals surface area contributed by atoms with Crippen molar-refractivity contribution in [3.8, 4) is 11.5 Å². The van der Waals surface area contributed by atoms with E-state index in [0.717, 1.165) is 11.8 Å². The molecule has 0 heterocycles. The van der Waals surface area contributed by atoms with Crippen LogP contribution >= 0.6 is 35.0 Å². The highest BCUT2D eigenvalue weighted by Gasteiger charge is 2.32. The van der Waals surface area contributed by atoms with E-state index in [2.05, 4.69) is 4.74 Å². The van der Waals surface area contributed by atoms with Crippen molar-refractivity contribution in [2.24, 2.45) is 0 Å². The van der Waals surface area contributed by atoms with Crippen molar-refractivity contribution in [3.05, 3.63) is 61.6 Å². The molecule has 0 bridgehead atoms. The van der Waals surface area contributed by atoms with E-state index in [-0.39, 0.29) is 44.3 Å². The molecule has 0 fully saturated rings. The van der Waals surface area contributed by atoms with E-state index >= 15 is 0 Å². The average molecular weight is 470 g/mol. The molecule has 0 amide bonds. The number of methoxy groups -OCH3 is 1. The molecule has 0 saturated carbocycles. The van der Waals surface area contributed by atoms with Crippen molar-refractivity contribution in [1.29, 1.82) is 0 Å². The number of carbonyl (C=O) groups excluding carboxylic acids is 1. The summed E-state index contributed by atoms with van der Waals surface area (Å²) in [5.74, 6) is -0.559. The number of esters is 1. The van der Waals surface area contributed by atoms with Gasteiger partial charge in [0.25, 0.3) is 5.69 Å². The number of halogens is 5. The predicted octanol–water partition coefficient (Wildman–Crippen LogP) is 6.12. The molecule has 12 heteroatoms. The van der Waals surface area contributed by atoms with Crippen molar-refractivity contribution in [3.63, 3.8) is 0 Å². The van der Waals surface area contributed by atoms with Gasteiger partial charge in [-0.1, -0.05) is 23.2 Å². The van der Waals surface area contributed by atoms with Gasteiger partial charge in [0.15, 0.2) is 5.75 Å². The monoisotopic (exact) mass is 469 g/mol. The number of rotatable bonds is 7. The lowest BCUT2D eigenvalue weighted by atomic mass is 10.2. The molecule has 0 spiro atoms. The normalized spacial score (nSPS) is 11.2. The fraction of sp³-hybridized carbons (Fsp3) is 0.235. The standard InChI is InChI=1S/C17H12Cl2F3NO5S/c1-27-15(24)8-29-7-9-4-11(2-3-14(9)23(25)26)28-16-12(18)5-10(6-13(16)19)17(20,21)22/h2-6H,7-8H2,1H3. The van der Waals surface area contributed by atoms with E-state index in [9.17, 15) is 28.1 Å². The van der Waals surface area contributed by atoms with E-state index in [0.29, 0.717) is 12.1 Å². The number of hydrogen-bond donors (Lipinski definition) is 0. The van der Waals surface area contributed by atoms with Crippen molar-refractivity contribution in [2.45, 2.75) is 11.9 Å². The Balaban J connectivity index is 2.30. The summed E-state index contributed by atoms with van der Waals surface area (Å²) >= 11 is 12.8. The molecule has 0 saturated heterocycles. The summed E-state index contributed by atoms with van der Waals surface area (Å²) in [4.78, 5) is 21.8. The van der Waals surface area contributed by atoms with Crippen LogP contribution in [0.4, 0.5) is 18.9 Å². The number of ether oxygens (including phenoxy) is 2. The molecule has 2 aromatic carbocycles. The molecule has 29 heavy (non-hydrogen) atoms. The predicted molar refractivity (Wildman–Crippen MR) is 103 cm³/mol. The third-order valence-electron chi connectivity index (χ3n) is 3.50. The van der Waals surface area contributed by atoms with Crippen molar-refractivity contribution in [1.82, 2.24) is 0 Å². The minimum atomic E-state index is -4.64. The molecule has 0 N–H and O–H groups in total. The Hall–Kier alpha value is -2.17. The van der Waals surface area contributed by atoms with Gasteiger partial charge in [0.2, 0.25) is 0 Å². The summed E-state index contributed by atoms with van der Waals surface area (Å²) < 4.78 is 48.4. The van der Waals surface area contributed by atoms with Gasteiger partial charge in [-0.2, -0.15) is 13.2 Å². The van der Waals surface area contributed by atoms with Crippen LogP contribution < -0.4 is 4.74 Å². The molecule has 6 nitrogen and oxygen atoms in total. The second-order valence-electron chi connectivity index (χ2n) is 5.49. The summed E-state index contributed by atoms with van der Waals surface area (Å²) in [6.07, 6.45) is -4.64. The van der Waals surface area contributed by atoms with Crippen LogP contribution in [0.25, 0.3) is 0 Å². The molecule has 0 aromatic heterocycles. The Bertz CT molecular complexity index is 917. The second kappa shape index (κ2) is 9.55. The third-order valence-corrected chi connectivity index (χ3v) is 5.01. The Morgan fingerprint density at radius 2 is 1.83 bits per heavy atom. The lowest BCUT2D eigenvalue weighted by Gasteiger charge is -2.14. The maximum absolute atomic E-state index is 12.8. The molecule has 0 atom stereocenters. The molecule has 0 aliphatic carbocycles. The van der Waals surface area contributed by atoms with Crippen LogP contribution in [0.1, 0.15) is 11.1 Å². The van der Waals surface area contributed by atoms with Crippen LogP contribution in [0.2, 0.25) is 10.0 Å². The zero-order valence-corrected chi connectivity index (χ0v) is 16.9. The third kappa shape index (κ3) is 6.15. The van der Waals surface area contributed by atoms with Crippen LogP contribution in [-0.4, -0.2) is 23.8 Å². The Morgan fingerprint density at radius 1 is 1.21 bits per heavy atom. The zero-order chi connectivity index (χ0) is 21.8. The first-order valence-corrected chi connectivity index (χ1v) is 9.60. The molecule has 156 valence electrons. The smallest absolute Gasteiger partial charge is 0.416 e. The average Bonchev–Trinajstić information content (AvgIpc) is 2.63. The molecule has 0 radical (unpaired) electrons. The van der Waals surface area contributed by atoms with Gasteiger partial charge >= 0.3 is 12.1 Å². The fourth-order valence-corrected chi connectivity index (χ4v) is 3.56. The first-order chi connectivity index (χ1) is 13.5. The van der Waals surface area contributed by atoms with Crippen LogP contribution in [-0.2, 0) is 21.5 Å². The molecule has 0 aliphatic heterocycles. The maximum atomic E-state index is 12.8. The van der Waals surface area contributed by atoms with Crippen molar-refractivity contribution in [2.75, 3.05) is 12.9 Å². The van der Waals surface area contributed by atoms with E-state index in [4.69, 9.17) is 27.9 Å². The number of nitrogens with zero attached hydrogens (tertiary/aromatic N) is 1. The number of carbonyl (C=O) groups is 1. The number of alkyl halides is 3. The molecule has 0 unspecified atom stereocenters. The Labute approximate surface area is 177 Å². The van der Waals surface area contributed by atoms with Crippen LogP contribution in [0, 0.1) is 10.1 Å². The van der Waals surface area contributed by atoms with Crippen LogP contribution in [0.5, 0.6) is 11.5 Å². The van der Waals surface area contributed by atoms with Gasteiger partial charge < -0.3 is 9.47 Å². The van der Waals surface area contributed by atoms with E-state index < -0.39 is 22.6 Å². The van der Waals surface area contributed by atoms with Crippen LogP contribution in [0.15, 0.2) is 30.3 Å². The molecular formula is C17H12Cl2F3NO5S. The number of thioether (sulfide) groups is 1. The number of hydrogen-bond acceptors (Lipinski definition) is 6. The number of benzene rings is 2. The Morgan fingerprint density at radius 3 is 2.34 bits per heavy atom. The molecule has 2 aromatic rings. The summed E-state index contributed by atoms with van der Waals surface area (Å²) in [6, 6.07) is 5.10. The number of nitro groups is 1. The molecular weight excluding hydrogens is 458 g/mol. The first kappa shape index (κ1) is 23.1. The van der Waals surface area contributed by atoms with E-state index in [1.54, 1.807) is 0 Å². The minimum Gasteiger partial charge on any atom is -0.468 e. The summed E-state index contributed by atoms with van der Waals surface area (Å²) in [6.45, 7) is 0. The number of nitro benzene ring substituents is 1. The molecule has 0 aliphatic rings. The van der Waals surface area contributed by atoms with Gasteiger partial charge in [-0.25, -0.2) is 0 Å². The second-order valence-corrected chi connectivity index (χ2v) is 7.29. The highest BCUT2D eigenvalue weighted by molar-refractivity contribution is 7.99. The zero-order valence-electron chi connectivity index (χ0n) is 14.6. The van der Waals surface area contributed by atoms with Gasteiger partial charge in [0, 0.05) is 17.4 Å². The van der Waals surface area contributed by atoms with Gasteiger partial charge in [-0.15, -0.1) is 11.8 Å². The largest absolute Gasteiger partial charge is 0.468 e. The summed E-state index contributed by atoms with van der Waals surface area (Å²) in [5.41, 5.74) is -1.01. The Kier molecular flexibility index (Phi) is 7.61. The van der Waals surface area contributed by atoms with Gasteiger partial charge in [0.05, 0.1) is 33.4 Å². The quantitative estimate of drug-likeness (QED) is 0.276. The highest BCUT2D eigenvalue weighted by Crippen LogP contribution is 2.42. The topological polar surface area (TPSA) is 78.7 Å². The summed E-state index contributed by atoms with van der Waals surface area (Å²) in [7, 11) is 1.22. The van der Waals surface area contributed by atoms with Crippen LogP contribution in [0.3, 0.4) is 0 Å². The fourth-order valence-electron chi connectivity index (χ4n) is 2.16. The van der Waals surface area contributed by atoms with Gasteiger partial charge in [0.1, 0.15) is 5.75 Å². The van der Waals surface area contributed by atoms with Crippen molar-refractivity contribution < 1.29 is 32.4 Å². The van der Waals surface area contributed by atoms with Gasteiger partial charge in [-0.3, -0.25) is 14.9 Å².